The molecule has 8 nitrogen and oxygen atoms in total. The fourth-order valence-electron chi connectivity index (χ4n) is 5.28. The fourth-order valence-corrected chi connectivity index (χ4v) is 5.28. The Labute approximate surface area is 242 Å². The van der Waals surface area contributed by atoms with Crippen molar-refractivity contribution in [3.05, 3.63) is 83.4 Å². The van der Waals surface area contributed by atoms with E-state index >= 15 is 0 Å². The normalized spacial score (nSPS) is 17.8. The topological polar surface area (TPSA) is 71.6 Å². The standard InChI is InChI=1S/C30H30N2O5.C3H9N/c33-20-22-1-3-23(4-2-22)25-7-10-28-26(19-25)21-36-30(37-28)11-13-32(14-12-30)29(34)24-5-8-27(9-6-24)31-15-17-35-18-16-31;1-4(2)3/h1-10,19-20H,11-18,21H2;1-3H3. The van der Waals surface area contributed by atoms with Gasteiger partial charge in [0.1, 0.15) is 12.0 Å². The van der Waals surface area contributed by atoms with E-state index in [4.69, 9.17) is 14.2 Å². The Morgan fingerprint density at radius 2 is 1.49 bits per heavy atom. The van der Waals surface area contributed by atoms with Crippen molar-refractivity contribution in [1.29, 1.82) is 0 Å². The molecule has 2 saturated heterocycles. The highest BCUT2D eigenvalue weighted by Crippen LogP contribution is 2.39. The average molecular weight is 558 g/mol. The predicted octanol–water partition coefficient (Wildman–Crippen LogP) is 4.72. The molecule has 0 N–H and O–H groups in total. The number of ether oxygens (including phenoxy) is 3. The van der Waals surface area contributed by atoms with Gasteiger partial charge in [-0.05, 0) is 68.7 Å². The Morgan fingerprint density at radius 1 is 0.854 bits per heavy atom. The molecule has 0 unspecified atom stereocenters. The highest BCUT2D eigenvalue weighted by molar-refractivity contribution is 5.94. The van der Waals surface area contributed by atoms with E-state index < -0.39 is 5.79 Å². The maximum atomic E-state index is 13.2. The van der Waals surface area contributed by atoms with Crippen LogP contribution in [-0.4, -0.2) is 88.3 Å². The van der Waals surface area contributed by atoms with Crippen LogP contribution < -0.4 is 9.64 Å². The van der Waals surface area contributed by atoms with Crippen molar-refractivity contribution in [3.63, 3.8) is 0 Å². The largest absolute Gasteiger partial charge is 0.462 e. The van der Waals surface area contributed by atoms with E-state index in [0.717, 1.165) is 60.7 Å². The monoisotopic (exact) mass is 557 g/mol. The summed E-state index contributed by atoms with van der Waals surface area (Å²) in [6.45, 7) is 4.86. The molecule has 3 aliphatic heterocycles. The van der Waals surface area contributed by atoms with Crippen LogP contribution in [0, 0.1) is 0 Å². The number of likely N-dealkylation sites (tertiary alicyclic amines) is 1. The summed E-state index contributed by atoms with van der Waals surface area (Å²) in [5.74, 6) is 0.180. The first-order valence-corrected chi connectivity index (χ1v) is 14.2. The molecule has 41 heavy (non-hydrogen) atoms. The molecule has 0 bridgehead atoms. The van der Waals surface area contributed by atoms with Gasteiger partial charge in [0.05, 0.1) is 19.8 Å². The first-order valence-electron chi connectivity index (χ1n) is 14.2. The number of rotatable bonds is 4. The number of carbonyl (C=O) groups excluding carboxylic acids is 2. The van der Waals surface area contributed by atoms with Crippen molar-refractivity contribution in [2.24, 2.45) is 0 Å². The lowest BCUT2D eigenvalue weighted by Crippen LogP contribution is -2.52. The van der Waals surface area contributed by atoms with Gasteiger partial charge >= 0.3 is 0 Å². The smallest absolute Gasteiger partial charge is 0.253 e. The van der Waals surface area contributed by atoms with Crippen LogP contribution in [-0.2, 0) is 16.1 Å². The van der Waals surface area contributed by atoms with Gasteiger partial charge in [-0.3, -0.25) is 9.59 Å². The molecule has 0 radical (unpaired) electrons. The zero-order chi connectivity index (χ0) is 28.8. The predicted molar refractivity (Wildman–Crippen MR) is 160 cm³/mol. The van der Waals surface area contributed by atoms with Gasteiger partial charge in [0.2, 0.25) is 5.79 Å². The molecule has 0 aromatic heterocycles. The molecule has 0 atom stereocenters. The van der Waals surface area contributed by atoms with Crippen LogP contribution in [0.15, 0.2) is 66.7 Å². The summed E-state index contributed by atoms with van der Waals surface area (Å²) in [6, 6.07) is 21.5. The Balaban J connectivity index is 0.000000794. The third-order valence-corrected chi connectivity index (χ3v) is 7.53. The zero-order valence-corrected chi connectivity index (χ0v) is 24.2. The molecule has 2 fully saturated rings. The van der Waals surface area contributed by atoms with E-state index in [1.165, 1.54) is 0 Å². The van der Waals surface area contributed by atoms with Gasteiger partial charge in [-0.25, -0.2) is 0 Å². The van der Waals surface area contributed by atoms with Crippen LogP contribution in [0.5, 0.6) is 5.75 Å². The van der Waals surface area contributed by atoms with Crippen LogP contribution in [0.1, 0.15) is 39.1 Å². The SMILES string of the molecule is CN(C)C.O=Cc1ccc(-c2ccc3c(c2)COC2(CCN(C(=O)c4ccc(N5CCOCC5)cc4)CC2)O3)cc1. The van der Waals surface area contributed by atoms with Gasteiger partial charge in [0.15, 0.2) is 0 Å². The van der Waals surface area contributed by atoms with Crippen molar-refractivity contribution in [2.45, 2.75) is 25.2 Å². The van der Waals surface area contributed by atoms with E-state index in [0.29, 0.717) is 43.7 Å². The van der Waals surface area contributed by atoms with E-state index in [1.54, 1.807) is 0 Å². The zero-order valence-electron chi connectivity index (χ0n) is 24.2. The Bertz CT molecular complexity index is 1320. The highest BCUT2D eigenvalue weighted by atomic mass is 16.7. The average Bonchev–Trinajstić information content (AvgIpc) is 3.01. The van der Waals surface area contributed by atoms with Crippen molar-refractivity contribution in [2.75, 3.05) is 65.4 Å². The Hall–Kier alpha value is -3.72. The number of fused-ring (bicyclic) bond motifs is 1. The van der Waals surface area contributed by atoms with Crippen LogP contribution in [0.2, 0.25) is 0 Å². The van der Waals surface area contributed by atoms with Gasteiger partial charge in [0, 0.05) is 61.4 Å². The van der Waals surface area contributed by atoms with Crippen molar-refractivity contribution < 1.29 is 23.8 Å². The number of amides is 1. The summed E-state index contributed by atoms with van der Waals surface area (Å²) in [5.41, 5.74) is 5.59. The van der Waals surface area contributed by atoms with Crippen LogP contribution in [0.3, 0.4) is 0 Å². The van der Waals surface area contributed by atoms with Gasteiger partial charge in [0.25, 0.3) is 5.91 Å². The number of piperidine rings is 1. The second-order valence-corrected chi connectivity index (χ2v) is 11.1. The molecule has 1 amide bonds. The molecule has 3 aliphatic rings. The maximum Gasteiger partial charge on any atom is 0.253 e. The number of anilines is 1. The maximum absolute atomic E-state index is 13.2. The first-order chi connectivity index (χ1) is 19.9. The summed E-state index contributed by atoms with van der Waals surface area (Å²) in [6.07, 6.45) is 2.09. The summed E-state index contributed by atoms with van der Waals surface area (Å²) in [7, 11) is 6.00. The Kier molecular flexibility index (Phi) is 9.03. The third kappa shape index (κ3) is 6.96. The lowest BCUT2D eigenvalue weighted by atomic mass is 9.98. The summed E-state index contributed by atoms with van der Waals surface area (Å²) < 4.78 is 18.1. The number of hydrogen-bond acceptors (Lipinski definition) is 7. The first kappa shape index (κ1) is 28.8. The minimum atomic E-state index is -0.697. The molecule has 1 spiro atoms. The van der Waals surface area contributed by atoms with Crippen LogP contribution >= 0.6 is 0 Å². The molecule has 3 aromatic rings. The summed E-state index contributed by atoms with van der Waals surface area (Å²) in [4.78, 5) is 30.3. The van der Waals surface area contributed by atoms with Crippen LogP contribution in [0.4, 0.5) is 5.69 Å². The second-order valence-electron chi connectivity index (χ2n) is 11.1. The third-order valence-electron chi connectivity index (χ3n) is 7.53. The van der Waals surface area contributed by atoms with E-state index in [1.807, 2.05) is 91.6 Å². The molecule has 216 valence electrons. The van der Waals surface area contributed by atoms with Crippen molar-refractivity contribution >= 4 is 17.9 Å². The number of morpholine rings is 1. The van der Waals surface area contributed by atoms with Gasteiger partial charge in [-0.2, -0.15) is 0 Å². The summed E-state index contributed by atoms with van der Waals surface area (Å²) >= 11 is 0. The van der Waals surface area contributed by atoms with Gasteiger partial charge in [-0.15, -0.1) is 0 Å². The van der Waals surface area contributed by atoms with E-state index in [-0.39, 0.29) is 5.91 Å². The number of nitrogens with zero attached hydrogens (tertiary/aromatic N) is 3. The number of benzene rings is 3. The minimum absolute atomic E-state index is 0.0461. The lowest BCUT2D eigenvalue weighted by molar-refractivity contribution is -0.225. The van der Waals surface area contributed by atoms with Crippen molar-refractivity contribution in [1.82, 2.24) is 9.80 Å². The highest BCUT2D eigenvalue weighted by Gasteiger charge is 2.42. The molecular weight excluding hydrogens is 518 g/mol. The van der Waals surface area contributed by atoms with Gasteiger partial charge < -0.3 is 28.9 Å². The lowest BCUT2D eigenvalue weighted by Gasteiger charge is -2.44. The van der Waals surface area contributed by atoms with Gasteiger partial charge in [-0.1, -0.05) is 30.3 Å². The van der Waals surface area contributed by atoms with Crippen LogP contribution in [0.25, 0.3) is 11.1 Å². The van der Waals surface area contributed by atoms with E-state index in [9.17, 15) is 9.59 Å². The number of carbonyl (C=O) groups is 2. The summed E-state index contributed by atoms with van der Waals surface area (Å²) in [5, 5.41) is 0. The Morgan fingerprint density at radius 3 is 2.12 bits per heavy atom. The second kappa shape index (κ2) is 12.9. The number of hydrogen-bond donors (Lipinski definition) is 0. The number of aldehydes is 1. The molecule has 3 heterocycles. The fraction of sp³-hybridized carbons (Fsp3) is 0.394. The van der Waals surface area contributed by atoms with E-state index in [2.05, 4.69) is 11.0 Å². The molecule has 0 saturated carbocycles. The minimum Gasteiger partial charge on any atom is -0.462 e. The quantitative estimate of drug-likeness (QED) is 0.430. The molecule has 3 aromatic carbocycles. The van der Waals surface area contributed by atoms with Crippen molar-refractivity contribution in [3.8, 4) is 16.9 Å². The molecule has 8 heteroatoms. The molecular formula is C33H39N3O5. The molecule has 0 aliphatic carbocycles. The molecule has 6 rings (SSSR count).